The SMILES string of the molecule is CCOc1cc(/C=N/NC(=O)c2c(C)nnn2-c2nonc2N)ccc1OCC(N)=O. The zero-order valence-electron chi connectivity index (χ0n) is 16.6. The average molecular weight is 429 g/mol. The number of anilines is 1. The van der Waals surface area contributed by atoms with Gasteiger partial charge in [-0.15, -0.1) is 5.10 Å². The number of rotatable bonds is 9. The van der Waals surface area contributed by atoms with E-state index in [-0.39, 0.29) is 23.9 Å². The highest BCUT2D eigenvalue weighted by Gasteiger charge is 2.22. The summed E-state index contributed by atoms with van der Waals surface area (Å²) in [4.78, 5) is 23.5. The molecule has 0 unspecified atom stereocenters. The van der Waals surface area contributed by atoms with Crippen LogP contribution >= 0.6 is 0 Å². The number of amides is 2. The summed E-state index contributed by atoms with van der Waals surface area (Å²) < 4.78 is 16.4. The van der Waals surface area contributed by atoms with E-state index in [1.807, 2.05) is 0 Å². The van der Waals surface area contributed by atoms with Crippen molar-refractivity contribution in [2.45, 2.75) is 13.8 Å². The van der Waals surface area contributed by atoms with Gasteiger partial charge in [0.2, 0.25) is 11.6 Å². The molecule has 0 bridgehead atoms. The molecule has 0 saturated heterocycles. The van der Waals surface area contributed by atoms with Crippen LogP contribution in [0.2, 0.25) is 0 Å². The first kappa shape index (κ1) is 21.2. The number of ether oxygens (including phenoxy) is 2. The van der Waals surface area contributed by atoms with Crippen LogP contribution in [0.5, 0.6) is 11.5 Å². The van der Waals surface area contributed by atoms with E-state index in [1.165, 1.54) is 6.21 Å². The Hall–Kier alpha value is -4.49. The molecule has 0 atom stereocenters. The van der Waals surface area contributed by atoms with E-state index in [0.717, 1.165) is 4.68 Å². The van der Waals surface area contributed by atoms with Crippen LogP contribution in [-0.4, -0.2) is 56.5 Å². The van der Waals surface area contributed by atoms with Crippen molar-refractivity contribution in [3.05, 3.63) is 35.2 Å². The van der Waals surface area contributed by atoms with Gasteiger partial charge in [-0.25, -0.2) is 10.1 Å². The van der Waals surface area contributed by atoms with Crippen LogP contribution in [0.1, 0.15) is 28.7 Å². The van der Waals surface area contributed by atoms with E-state index in [9.17, 15) is 9.59 Å². The normalized spacial score (nSPS) is 10.9. The Balaban J connectivity index is 1.74. The van der Waals surface area contributed by atoms with Crippen molar-refractivity contribution in [3.8, 4) is 17.3 Å². The molecule has 3 aromatic rings. The van der Waals surface area contributed by atoms with Crippen molar-refractivity contribution in [1.29, 1.82) is 0 Å². The first-order valence-corrected chi connectivity index (χ1v) is 8.92. The minimum atomic E-state index is -0.608. The molecule has 2 heterocycles. The number of hydrogen-bond acceptors (Lipinski definition) is 11. The highest BCUT2D eigenvalue weighted by Crippen LogP contribution is 2.28. The molecule has 0 saturated carbocycles. The fourth-order valence-electron chi connectivity index (χ4n) is 2.46. The van der Waals surface area contributed by atoms with Crippen LogP contribution in [-0.2, 0) is 4.79 Å². The van der Waals surface area contributed by atoms with E-state index >= 15 is 0 Å². The summed E-state index contributed by atoms with van der Waals surface area (Å²) in [5.41, 5.74) is 14.1. The molecule has 1 aromatic carbocycles. The molecule has 162 valence electrons. The Bertz CT molecular complexity index is 1120. The van der Waals surface area contributed by atoms with Crippen molar-refractivity contribution in [1.82, 2.24) is 30.7 Å². The van der Waals surface area contributed by atoms with Gasteiger partial charge in [0.1, 0.15) is 0 Å². The van der Waals surface area contributed by atoms with E-state index in [1.54, 1.807) is 32.0 Å². The molecule has 31 heavy (non-hydrogen) atoms. The Labute approximate surface area is 175 Å². The third-order valence-corrected chi connectivity index (χ3v) is 3.77. The van der Waals surface area contributed by atoms with Gasteiger partial charge < -0.3 is 20.9 Å². The monoisotopic (exact) mass is 429 g/mol. The lowest BCUT2D eigenvalue weighted by Gasteiger charge is -2.11. The fourth-order valence-corrected chi connectivity index (χ4v) is 2.46. The number of nitrogens with one attached hydrogen (secondary N) is 1. The van der Waals surface area contributed by atoms with Crippen LogP contribution in [0.3, 0.4) is 0 Å². The number of benzene rings is 1. The topological polar surface area (TPSA) is 199 Å². The van der Waals surface area contributed by atoms with E-state index in [2.05, 4.69) is 35.8 Å². The largest absolute Gasteiger partial charge is 0.490 e. The van der Waals surface area contributed by atoms with Gasteiger partial charge >= 0.3 is 0 Å². The molecule has 0 fully saturated rings. The third kappa shape index (κ3) is 4.92. The molecule has 2 amide bonds. The number of carbonyl (C=O) groups is 2. The number of nitrogen functional groups attached to an aromatic ring is 1. The van der Waals surface area contributed by atoms with Crippen molar-refractivity contribution < 1.29 is 23.7 Å². The number of hydrazone groups is 1. The zero-order valence-corrected chi connectivity index (χ0v) is 16.6. The van der Waals surface area contributed by atoms with Crippen LogP contribution in [0, 0.1) is 6.92 Å². The lowest BCUT2D eigenvalue weighted by Crippen LogP contribution is -2.22. The maximum atomic E-state index is 12.6. The predicted octanol–water partition coefficient (Wildman–Crippen LogP) is -0.432. The molecule has 0 aliphatic carbocycles. The minimum Gasteiger partial charge on any atom is -0.490 e. The number of carbonyl (C=O) groups excluding carboxylic acids is 2. The molecular weight excluding hydrogens is 410 g/mol. The van der Waals surface area contributed by atoms with Gasteiger partial charge in [0.25, 0.3) is 11.8 Å². The van der Waals surface area contributed by atoms with Gasteiger partial charge in [0.05, 0.1) is 18.5 Å². The first-order chi connectivity index (χ1) is 14.9. The molecule has 0 spiro atoms. The summed E-state index contributed by atoms with van der Waals surface area (Å²) in [7, 11) is 0. The van der Waals surface area contributed by atoms with Crippen LogP contribution in [0.25, 0.3) is 5.82 Å². The maximum absolute atomic E-state index is 12.6. The van der Waals surface area contributed by atoms with Gasteiger partial charge in [0, 0.05) is 0 Å². The lowest BCUT2D eigenvalue weighted by molar-refractivity contribution is -0.119. The summed E-state index contributed by atoms with van der Waals surface area (Å²) in [5, 5.41) is 18.7. The number of primary amides is 1. The molecule has 0 radical (unpaired) electrons. The highest BCUT2D eigenvalue weighted by atomic mass is 16.6. The summed E-state index contributed by atoms with van der Waals surface area (Å²) in [5.74, 6) is -0.486. The van der Waals surface area contributed by atoms with Crippen molar-refractivity contribution >= 4 is 23.8 Å². The van der Waals surface area contributed by atoms with Crippen LogP contribution in [0.4, 0.5) is 5.82 Å². The molecule has 5 N–H and O–H groups in total. The second-order valence-electron chi connectivity index (χ2n) is 6.00. The second-order valence-corrected chi connectivity index (χ2v) is 6.00. The van der Waals surface area contributed by atoms with Crippen LogP contribution < -0.4 is 26.4 Å². The second kappa shape index (κ2) is 9.34. The summed E-state index contributed by atoms with van der Waals surface area (Å²) >= 11 is 0. The summed E-state index contributed by atoms with van der Waals surface area (Å²) in [6, 6.07) is 4.89. The Kier molecular flexibility index (Phi) is 6.39. The molecule has 0 aliphatic rings. The molecule has 0 aliphatic heterocycles. The van der Waals surface area contributed by atoms with Gasteiger partial charge in [0.15, 0.2) is 23.8 Å². The van der Waals surface area contributed by atoms with E-state index in [4.69, 9.17) is 20.9 Å². The zero-order chi connectivity index (χ0) is 22.4. The number of aromatic nitrogens is 5. The lowest BCUT2D eigenvalue weighted by atomic mass is 10.2. The summed E-state index contributed by atoms with van der Waals surface area (Å²) in [6.07, 6.45) is 1.40. The van der Waals surface area contributed by atoms with Crippen LogP contribution in [0.15, 0.2) is 27.9 Å². The average Bonchev–Trinajstić information content (AvgIpc) is 3.32. The smallest absolute Gasteiger partial charge is 0.292 e. The van der Waals surface area contributed by atoms with Crippen molar-refractivity contribution in [2.75, 3.05) is 18.9 Å². The predicted molar refractivity (Wildman–Crippen MR) is 106 cm³/mol. The number of nitrogens with two attached hydrogens (primary N) is 2. The van der Waals surface area contributed by atoms with Gasteiger partial charge in [-0.05, 0) is 47.9 Å². The fraction of sp³-hybridized carbons (Fsp3) is 0.235. The standard InChI is InChI=1S/C17H19N9O5/c1-3-29-12-6-10(4-5-11(12)30-8-13(18)27)7-20-22-17(28)14-9(2)21-25-26(14)16-15(19)23-31-24-16/h4-7H,3,8H2,1-2H3,(H2,18,27)(H2,19,23)(H,22,28)/b20-7+. The van der Waals surface area contributed by atoms with Gasteiger partial charge in [-0.1, -0.05) is 5.21 Å². The van der Waals surface area contributed by atoms with Gasteiger partial charge in [-0.3, -0.25) is 9.59 Å². The van der Waals surface area contributed by atoms with Crippen molar-refractivity contribution in [3.63, 3.8) is 0 Å². The molecule has 2 aromatic heterocycles. The number of nitrogens with zero attached hydrogens (tertiary/aromatic N) is 6. The molecular formula is C17H19N9O5. The third-order valence-electron chi connectivity index (χ3n) is 3.77. The first-order valence-electron chi connectivity index (χ1n) is 8.92. The number of hydrogen-bond donors (Lipinski definition) is 3. The highest BCUT2D eigenvalue weighted by molar-refractivity contribution is 5.94. The van der Waals surface area contributed by atoms with Crippen molar-refractivity contribution in [2.24, 2.45) is 10.8 Å². The Morgan fingerprint density at radius 2 is 2.10 bits per heavy atom. The quantitative estimate of drug-likeness (QED) is 0.296. The molecule has 14 heteroatoms. The minimum absolute atomic E-state index is 0.0302. The molecule has 14 nitrogen and oxygen atoms in total. The van der Waals surface area contributed by atoms with E-state index < -0.39 is 11.8 Å². The van der Waals surface area contributed by atoms with E-state index in [0.29, 0.717) is 29.4 Å². The maximum Gasteiger partial charge on any atom is 0.292 e. The Morgan fingerprint density at radius 3 is 2.77 bits per heavy atom. The summed E-state index contributed by atoms with van der Waals surface area (Å²) in [6.45, 7) is 3.48. The van der Waals surface area contributed by atoms with Gasteiger partial charge in [-0.2, -0.15) is 9.78 Å². The Morgan fingerprint density at radius 1 is 1.29 bits per heavy atom. The molecule has 3 rings (SSSR count). The number of aryl methyl sites for hydroxylation is 1.